The highest BCUT2D eigenvalue weighted by molar-refractivity contribution is 7.91. The van der Waals surface area contributed by atoms with E-state index in [0.29, 0.717) is 36.5 Å². The van der Waals surface area contributed by atoms with Crippen LogP contribution in [-0.2, 0) is 15.4 Å². The van der Waals surface area contributed by atoms with Crippen LogP contribution in [0.1, 0.15) is 18.5 Å². The Morgan fingerprint density at radius 1 is 1.10 bits per heavy atom. The number of halogens is 1. The van der Waals surface area contributed by atoms with Crippen LogP contribution in [0.15, 0.2) is 48.9 Å². The van der Waals surface area contributed by atoms with Gasteiger partial charge in [-0.1, -0.05) is 6.07 Å². The molecule has 0 amide bonds. The SMILES string of the molecule is CS(=O)(=O)Nc1ncc(-c2ccc(NCC3(c4ccccn4)CC(F)C3)nn2)cn1. The standard InChI is InChI=1S/C19H20FN7O2S/c1-30(28,29)27-18-22-10-13(11-23-18)15-5-6-17(26-25-15)24-12-19(8-14(20)9-19)16-4-2-3-7-21-16/h2-7,10-11,14H,8-9,12H2,1H3,(H,24,26)(H,22,23,27). The Labute approximate surface area is 173 Å². The molecule has 0 bridgehead atoms. The monoisotopic (exact) mass is 429 g/mol. The minimum absolute atomic E-state index is 0.0148. The molecule has 156 valence electrons. The van der Waals surface area contributed by atoms with Crippen molar-refractivity contribution in [2.75, 3.05) is 22.8 Å². The van der Waals surface area contributed by atoms with Gasteiger partial charge >= 0.3 is 0 Å². The molecule has 3 aromatic heterocycles. The molecular weight excluding hydrogens is 409 g/mol. The van der Waals surface area contributed by atoms with Gasteiger partial charge in [-0.05, 0) is 37.1 Å². The molecule has 3 aromatic rings. The van der Waals surface area contributed by atoms with Crippen LogP contribution >= 0.6 is 0 Å². The molecule has 0 unspecified atom stereocenters. The number of nitrogens with one attached hydrogen (secondary N) is 2. The smallest absolute Gasteiger partial charge is 0.236 e. The van der Waals surface area contributed by atoms with Gasteiger partial charge in [0.1, 0.15) is 12.0 Å². The van der Waals surface area contributed by atoms with E-state index < -0.39 is 16.2 Å². The predicted octanol–water partition coefficient (Wildman–Crippen LogP) is 2.18. The zero-order valence-electron chi connectivity index (χ0n) is 16.2. The van der Waals surface area contributed by atoms with E-state index in [4.69, 9.17) is 0 Å². The molecule has 3 heterocycles. The molecule has 4 rings (SSSR count). The topological polar surface area (TPSA) is 123 Å². The first-order chi connectivity index (χ1) is 14.3. The number of nitrogens with zero attached hydrogens (tertiary/aromatic N) is 5. The van der Waals surface area contributed by atoms with E-state index in [9.17, 15) is 12.8 Å². The van der Waals surface area contributed by atoms with Crippen LogP contribution in [-0.4, -0.2) is 52.5 Å². The summed E-state index contributed by atoms with van der Waals surface area (Å²) in [5.74, 6) is 0.548. The van der Waals surface area contributed by atoms with Crippen molar-refractivity contribution in [1.82, 2.24) is 25.1 Å². The molecule has 1 fully saturated rings. The van der Waals surface area contributed by atoms with Crippen molar-refractivity contribution < 1.29 is 12.8 Å². The van der Waals surface area contributed by atoms with Crippen LogP contribution in [0.4, 0.5) is 16.2 Å². The average Bonchev–Trinajstić information content (AvgIpc) is 2.71. The van der Waals surface area contributed by atoms with Gasteiger partial charge in [0.25, 0.3) is 0 Å². The Kier molecular flexibility index (Phi) is 5.29. The third-order valence-electron chi connectivity index (χ3n) is 4.93. The van der Waals surface area contributed by atoms with Gasteiger partial charge in [0, 0.05) is 41.8 Å². The van der Waals surface area contributed by atoms with Gasteiger partial charge in [0.05, 0.1) is 11.9 Å². The Morgan fingerprint density at radius 3 is 2.43 bits per heavy atom. The number of pyridine rings is 1. The molecule has 0 aliphatic heterocycles. The third kappa shape index (κ3) is 4.51. The Morgan fingerprint density at radius 2 is 1.87 bits per heavy atom. The molecular formula is C19H20FN7O2S. The van der Waals surface area contributed by atoms with E-state index in [1.54, 1.807) is 18.3 Å². The number of hydrogen-bond acceptors (Lipinski definition) is 8. The molecule has 1 saturated carbocycles. The first kappa shape index (κ1) is 20.1. The van der Waals surface area contributed by atoms with Crippen molar-refractivity contribution >= 4 is 21.8 Å². The average molecular weight is 429 g/mol. The van der Waals surface area contributed by atoms with Crippen molar-refractivity contribution in [3.8, 4) is 11.3 Å². The molecule has 0 radical (unpaired) electrons. The summed E-state index contributed by atoms with van der Waals surface area (Å²) in [4.78, 5) is 12.3. The number of sulfonamides is 1. The lowest BCUT2D eigenvalue weighted by Crippen LogP contribution is -2.48. The molecule has 11 heteroatoms. The Hall–Kier alpha value is -3.21. The quantitative estimate of drug-likeness (QED) is 0.586. The number of rotatable bonds is 7. The van der Waals surface area contributed by atoms with E-state index in [0.717, 1.165) is 11.9 Å². The minimum Gasteiger partial charge on any atom is -0.368 e. The lowest BCUT2D eigenvalue weighted by Gasteiger charge is -2.43. The minimum atomic E-state index is -3.44. The zero-order chi connectivity index (χ0) is 21.2. The molecule has 9 nitrogen and oxygen atoms in total. The van der Waals surface area contributed by atoms with Gasteiger partial charge in [-0.15, -0.1) is 10.2 Å². The zero-order valence-corrected chi connectivity index (χ0v) is 17.0. The van der Waals surface area contributed by atoms with Crippen LogP contribution in [0.3, 0.4) is 0 Å². The van der Waals surface area contributed by atoms with E-state index in [-0.39, 0.29) is 11.4 Å². The maximum absolute atomic E-state index is 13.7. The van der Waals surface area contributed by atoms with Crippen molar-refractivity contribution in [2.24, 2.45) is 0 Å². The Balaban J connectivity index is 1.43. The molecule has 30 heavy (non-hydrogen) atoms. The van der Waals surface area contributed by atoms with Crippen molar-refractivity contribution in [3.63, 3.8) is 0 Å². The highest BCUT2D eigenvalue weighted by Gasteiger charge is 2.46. The summed E-state index contributed by atoms with van der Waals surface area (Å²) >= 11 is 0. The van der Waals surface area contributed by atoms with Gasteiger partial charge in [-0.25, -0.2) is 22.8 Å². The van der Waals surface area contributed by atoms with Gasteiger partial charge in [0.2, 0.25) is 16.0 Å². The van der Waals surface area contributed by atoms with E-state index >= 15 is 0 Å². The van der Waals surface area contributed by atoms with Gasteiger partial charge in [-0.2, -0.15) is 0 Å². The fourth-order valence-electron chi connectivity index (χ4n) is 3.43. The highest BCUT2D eigenvalue weighted by atomic mass is 32.2. The highest BCUT2D eigenvalue weighted by Crippen LogP contribution is 2.44. The molecule has 2 N–H and O–H groups in total. The molecule has 0 atom stereocenters. The summed E-state index contributed by atoms with van der Waals surface area (Å²) in [5.41, 5.74) is 1.66. The molecule has 0 spiro atoms. The fraction of sp³-hybridized carbons (Fsp3) is 0.316. The molecule has 0 aromatic carbocycles. The third-order valence-corrected chi connectivity index (χ3v) is 5.48. The second kappa shape index (κ2) is 7.90. The van der Waals surface area contributed by atoms with E-state index in [1.807, 2.05) is 18.2 Å². The fourth-order valence-corrected chi connectivity index (χ4v) is 3.86. The van der Waals surface area contributed by atoms with Crippen molar-refractivity contribution in [1.29, 1.82) is 0 Å². The number of aromatic nitrogens is 5. The summed E-state index contributed by atoms with van der Waals surface area (Å²) in [6.45, 7) is 0.507. The van der Waals surface area contributed by atoms with Gasteiger partial charge < -0.3 is 5.32 Å². The molecule has 1 aliphatic carbocycles. The van der Waals surface area contributed by atoms with Crippen molar-refractivity contribution in [3.05, 3.63) is 54.6 Å². The van der Waals surface area contributed by atoms with Crippen LogP contribution in [0.5, 0.6) is 0 Å². The number of alkyl halides is 1. The van der Waals surface area contributed by atoms with Crippen molar-refractivity contribution in [2.45, 2.75) is 24.4 Å². The second-order valence-corrected chi connectivity index (χ2v) is 9.08. The second-order valence-electron chi connectivity index (χ2n) is 7.33. The lowest BCUT2D eigenvalue weighted by molar-refractivity contribution is 0.0996. The summed E-state index contributed by atoms with van der Waals surface area (Å²) in [6, 6.07) is 9.19. The van der Waals surface area contributed by atoms with E-state index in [1.165, 1.54) is 12.4 Å². The van der Waals surface area contributed by atoms with Crippen LogP contribution in [0, 0.1) is 0 Å². The largest absolute Gasteiger partial charge is 0.368 e. The summed E-state index contributed by atoms with van der Waals surface area (Å²) < 4.78 is 38.3. The van der Waals surface area contributed by atoms with Gasteiger partial charge in [0.15, 0.2) is 0 Å². The maximum atomic E-state index is 13.7. The number of hydrogen-bond donors (Lipinski definition) is 2. The normalized spacial score (nSPS) is 20.9. The summed E-state index contributed by atoms with van der Waals surface area (Å²) in [6.07, 6.45) is 5.70. The Bertz CT molecular complexity index is 1100. The summed E-state index contributed by atoms with van der Waals surface area (Å²) in [7, 11) is -3.44. The van der Waals surface area contributed by atoms with E-state index in [2.05, 4.69) is 35.2 Å². The maximum Gasteiger partial charge on any atom is 0.236 e. The van der Waals surface area contributed by atoms with Crippen LogP contribution in [0.25, 0.3) is 11.3 Å². The first-order valence-electron chi connectivity index (χ1n) is 9.26. The molecule has 1 aliphatic rings. The van der Waals surface area contributed by atoms with Crippen LogP contribution in [0.2, 0.25) is 0 Å². The summed E-state index contributed by atoms with van der Waals surface area (Å²) in [5, 5.41) is 11.6. The predicted molar refractivity (Wildman–Crippen MR) is 110 cm³/mol. The van der Waals surface area contributed by atoms with Crippen LogP contribution < -0.4 is 10.0 Å². The lowest BCUT2D eigenvalue weighted by atomic mass is 9.65. The first-order valence-corrected chi connectivity index (χ1v) is 11.2. The molecule has 0 saturated heterocycles. The van der Waals surface area contributed by atoms with Gasteiger partial charge in [-0.3, -0.25) is 9.71 Å². The number of anilines is 2.